The summed E-state index contributed by atoms with van der Waals surface area (Å²) >= 11 is 0. The molecule has 0 spiro atoms. The maximum atomic E-state index is 2.40. The molecule has 0 aromatic heterocycles. The van der Waals surface area contributed by atoms with Gasteiger partial charge in [-0.2, -0.15) is 0 Å². The van der Waals surface area contributed by atoms with Crippen LogP contribution in [0.1, 0.15) is 36.8 Å². The topological polar surface area (TPSA) is 0 Å². The fraction of sp³-hybridized carbons (Fsp3) is 0.375. The largest absolute Gasteiger partial charge is 0.0799 e. The van der Waals surface area contributed by atoms with Crippen molar-refractivity contribution in [3.63, 3.8) is 0 Å². The second-order valence-electron chi connectivity index (χ2n) is 5.27. The molecule has 1 aromatic carbocycles. The van der Waals surface area contributed by atoms with Gasteiger partial charge in [0.2, 0.25) is 0 Å². The molecule has 0 radical (unpaired) electrons. The Kier molecular flexibility index (Phi) is 2.24. The summed E-state index contributed by atoms with van der Waals surface area (Å²) in [6.45, 7) is 4.69. The minimum Gasteiger partial charge on any atom is -0.0799 e. The van der Waals surface area contributed by atoms with E-state index >= 15 is 0 Å². The van der Waals surface area contributed by atoms with Crippen LogP contribution in [-0.2, 0) is 0 Å². The highest BCUT2D eigenvalue weighted by atomic mass is 14.4. The first-order valence-corrected chi connectivity index (χ1v) is 6.23. The molecule has 0 saturated carbocycles. The average molecular weight is 210 g/mol. The van der Waals surface area contributed by atoms with Gasteiger partial charge >= 0.3 is 0 Å². The van der Waals surface area contributed by atoms with Crippen molar-refractivity contribution in [1.29, 1.82) is 0 Å². The molecule has 3 rings (SSSR count). The van der Waals surface area contributed by atoms with Crippen molar-refractivity contribution >= 4 is 0 Å². The van der Waals surface area contributed by atoms with Crippen molar-refractivity contribution in [3.8, 4) is 0 Å². The number of benzene rings is 1. The molecule has 1 aromatic rings. The van der Waals surface area contributed by atoms with Crippen LogP contribution in [0.2, 0.25) is 0 Å². The normalized spacial score (nSPS) is 30.6. The van der Waals surface area contributed by atoms with E-state index in [2.05, 4.69) is 62.4 Å². The Morgan fingerprint density at radius 2 is 1.62 bits per heavy atom. The average Bonchev–Trinajstić information content (AvgIpc) is 2.63. The van der Waals surface area contributed by atoms with Crippen molar-refractivity contribution in [2.75, 3.05) is 0 Å². The number of hydrogen-bond donors (Lipinski definition) is 0. The Hall–Kier alpha value is -1.30. The van der Waals surface area contributed by atoms with Crippen LogP contribution in [0.3, 0.4) is 0 Å². The van der Waals surface area contributed by atoms with E-state index in [1.165, 1.54) is 0 Å². The van der Waals surface area contributed by atoms with Gasteiger partial charge in [-0.05, 0) is 28.9 Å². The van der Waals surface area contributed by atoms with Gasteiger partial charge in [-0.15, -0.1) is 0 Å². The molecule has 16 heavy (non-hydrogen) atoms. The quantitative estimate of drug-likeness (QED) is 0.649. The van der Waals surface area contributed by atoms with Crippen LogP contribution >= 0.6 is 0 Å². The first-order valence-electron chi connectivity index (χ1n) is 6.23. The SMILES string of the molecule is CC(C)C1c2ccccc2C2C=CC=CC21. The minimum atomic E-state index is 0.619. The number of hydrogen-bond acceptors (Lipinski definition) is 0. The zero-order valence-corrected chi connectivity index (χ0v) is 9.93. The van der Waals surface area contributed by atoms with Crippen LogP contribution in [-0.4, -0.2) is 0 Å². The van der Waals surface area contributed by atoms with Gasteiger partial charge in [0.05, 0.1) is 0 Å². The molecular weight excluding hydrogens is 192 g/mol. The van der Waals surface area contributed by atoms with Gasteiger partial charge in [-0.25, -0.2) is 0 Å². The van der Waals surface area contributed by atoms with Crippen LogP contribution in [0.25, 0.3) is 0 Å². The lowest BCUT2D eigenvalue weighted by molar-refractivity contribution is 0.405. The van der Waals surface area contributed by atoms with Gasteiger partial charge in [0.25, 0.3) is 0 Å². The minimum absolute atomic E-state index is 0.619. The second kappa shape index (κ2) is 3.62. The summed E-state index contributed by atoms with van der Waals surface area (Å²) in [5.74, 6) is 2.71. The highest BCUT2D eigenvalue weighted by Crippen LogP contribution is 2.51. The molecule has 0 N–H and O–H groups in total. The molecule has 0 heterocycles. The standard InChI is InChI=1S/C16H18/c1-11(2)16-14-9-5-3-7-12(14)13-8-4-6-10-15(13)16/h3-12,14,16H,1-2H3. The molecule has 0 saturated heterocycles. The summed E-state index contributed by atoms with van der Waals surface area (Å²) < 4.78 is 0. The molecule has 3 atom stereocenters. The van der Waals surface area contributed by atoms with E-state index in [0.29, 0.717) is 23.7 Å². The Balaban J connectivity index is 2.14. The smallest absolute Gasteiger partial charge is 0.00928 e. The molecule has 2 aliphatic rings. The molecule has 3 unspecified atom stereocenters. The highest BCUT2D eigenvalue weighted by molar-refractivity contribution is 5.46. The lowest BCUT2D eigenvalue weighted by atomic mass is 9.79. The van der Waals surface area contributed by atoms with E-state index in [4.69, 9.17) is 0 Å². The molecule has 82 valence electrons. The molecule has 0 fully saturated rings. The zero-order chi connectivity index (χ0) is 11.1. The molecule has 0 aliphatic heterocycles. The number of rotatable bonds is 1. The Morgan fingerprint density at radius 3 is 2.38 bits per heavy atom. The zero-order valence-electron chi connectivity index (χ0n) is 9.93. The van der Waals surface area contributed by atoms with E-state index in [9.17, 15) is 0 Å². The Labute approximate surface area is 97.7 Å². The molecular formula is C16H18. The third-order valence-electron chi connectivity index (χ3n) is 4.02. The van der Waals surface area contributed by atoms with Gasteiger partial charge in [-0.1, -0.05) is 62.4 Å². The van der Waals surface area contributed by atoms with Crippen LogP contribution in [0.4, 0.5) is 0 Å². The van der Waals surface area contributed by atoms with Crippen molar-refractivity contribution in [3.05, 3.63) is 59.7 Å². The first kappa shape index (κ1) is 9.89. The van der Waals surface area contributed by atoms with Crippen molar-refractivity contribution in [1.82, 2.24) is 0 Å². The monoisotopic (exact) mass is 210 g/mol. The summed E-state index contributed by atoms with van der Waals surface area (Å²) in [5, 5.41) is 0. The summed E-state index contributed by atoms with van der Waals surface area (Å²) in [7, 11) is 0. The predicted octanol–water partition coefficient (Wildman–Crippen LogP) is 4.27. The molecule has 0 heteroatoms. The van der Waals surface area contributed by atoms with Crippen molar-refractivity contribution < 1.29 is 0 Å². The maximum absolute atomic E-state index is 2.40. The van der Waals surface area contributed by atoms with Gasteiger partial charge < -0.3 is 0 Å². The number of allylic oxidation sites excluding steroid dienone is 4. The van der Waals surface area contributed by atoms with Crippen molar-refractivity contribution in [2.45, 2.75) is 25.7 Å². The first-order chi connectivity index (χ1) is 7.79. The van der Waals surface area contributed by atoms with Gasteiger partial charge in [-0.3, -0.25) is 0 Å². The van der Waals surface area contributed by atoms with Gasteiger partial charge in [0, 0.05) is 5.92 Å². The molecule has 2 aliphatic carbocycles. The number of fused-ring (bicyclic) bond motifs is 3. The molecule has 0 amide bonds. The van der Waals surface area contributed by atoms with Crippen LogP contribution in [0.15, 0.2) is 48.6 Å². The highest BCUT2D eigenvalue weighted by Gasteiger charge is 2.39. The lowest BCUT2D eigenvalue weighted by Gasteiger charge is -2.25. The summed E-state index contributed by atoms with van der Waals surface area (Å²) in [5.41, 5.74) is 3.12. The van der Waals surface area contributed by atoms with Gasteiger partial charge in [0.15, 0.2) is 0 Å². The van der Waals surface area contributed by atoms with Crippen LogP contribution < -0.4 is 0 Å². The fourth-order valence-corrected chi connectivity index (χ4v) is 3.41. The summed E-state index contributed by atoms with van der Waals surface area (Å²) in [6, 6.07) is 8.97. The van der Waals surface area contributed by atoms with Crippen LogP contribution in [0, 0.1) is 11.8 Å². The third kappa shape index (κ3) is 1.29. The van der Waals surface area contributed by atoms with E-state index in [1.54, 1.807) is 11.1 Å². The van der Waals surface area contributed by atoms with E-state index in [-0.39, 0.29) is 0 Å². The summed E-state index contributed by atoms with van der Waals surface area (Å²) in [4.78, 5) is 0. The Bertz CT molecular complexity index is 451. The van der Waals surface area contributed by atoms with E-state index in [0.717, 1.165) is 0 Å². The summed E-state index contributed by atoms with van der Waals surface area (Å²) in [6.07, 6.45) is 9.17. The van der Waals surface area contributed by atoms with E-state index < -0.39 is 0 Å². The predicted molar refractivity (Wildman–Crippen MR) is 68.5 cm³/mol. The van der Waals surface area contributed by atoms with Gasteiger partial charge in [0.1, 0.15) is 0 Å². The van der Waals surface area contributed by atoms with Crippen molar-refractivity contribution in [2.24, 2.45) is 11.8 Å². The van der Waals surface area contributed by atoms with Crippen LogP contribution in [0.5, 0.6) is 0 Å². The second-order valence-corrected chi connectivity index (χ2v) is 5.27. The van der Waals surface area contributed by atoms with E-state index in [1.807, 2.05) is 0 Å². The molecule has 0 bridgehead atoms. The lowest BCUT2D eigenvalue weighted by Crippen LogP contribution is -2.15. The molecule has 0 nitrogen and oxygen atoms in total. The third-order valence-corrected chi connectivity index (χ3v) is 4.02. The Morgan fingerprint density at radius 1 is 0.938 bits per heavy atom. The maximum Gasteiger partial charge on any atom is 0.00928 e. The fourth-order valence-electron chi connectivity index (χ4n) is 3.41.